The molecule has 0 aromatic carbocycles. The van der Waals surface area contributed by atoms with Crippen LogP contribution in [0.1, 0.15) is 57.2 Å². The van der Waals surface area contributed by atoms with Crippen molar-refractivity contribution in [1.29, 1.82) is 0 Å². The molecule has 2 rings (SSSR count). The lowest BCUT2D eigenvalue weighted by atomic mass is 9.90. The van der Waals surface area contributed by atoms with Crippen LogP contribution >= 0.6 is 11.3 Å². The van der Waals surface area contributed by atoms with Gasteiger partial charge in [0.2, 0.25) is 0 Å². The predicted molar refractivity (Wildman–Crippen MR) is 78.9 cm³/mol. The van der Waals surface area contributed by atoms with Gasteiger partial charge >= 0.3 is 5.97 Å². The molecule has 1 aliphatic rings. The van der Waals surface area contributed by atoms with E-state index in [-0.39, 0.29) is 11.6 Å². The third kappa shape index (κ3) is 2.61. The van der Waals surface area contributed by atoms with E-state index in [0.29, 0.717) is 6.61 Å². The molecule has 1 aromatic heterocycles. The van der Waals surface area contributed by atoms with Crippen molar-refractivity contribution in [2.75, 3.05) is 13.7 Å². The molecule has 112 valence electrons. The lowest BCUT2D eigenvalue weighted by Gasteiger charge is -2.25. The summed E-state index contributed by atoms with van der Waals surface area (Å²) in [5.74, 6) is -0.227. The molecule has 0 amide bonds. The first-order valence-electron chi connectivity index (χ1n) is 7.15. The molecule has 1 heterocycles. The Bertz CT molecular complexity index is 475. The van der Waals surface area contributed by atoms with E-state index in [4.69, 9.17) is 14.5 Å². The van der Waals surface area contributed by atoms with E-state index in [0.717, 1.165) is 23.5 Å². The third-order valence-corrected chi connectivity index (χ3v) is 5.15. The molecular formula is C15H23NO3S. The Labute approximate surface area is 124 Å². The molecule has 0 saturated heterocycles. The first kappa shape index (κ1) is 15.4. The zero-order chi connectivity index (χ0) is 14.8. The van der Waals surface area contributed by atoms with Crippen LogP contribution in [0.2, 0.25) is 0 Å². The molecule has 1 aliphatic carbocycles. The van der Waals surface area contributed by atoms with E-state index in [1.165, 1.54) is 12.8 Å². The van der Waals surface area contributed by atoms with Crippen LogP contribution in [0.5, 0.6) is 0 Å². The van der Waals surface area contributed by atoms with Gasteiger partial charge in [0.25, 0.3) is 0 Å². The van der Waals surface area contributed by atoms with Gasteiger partial charge in [0.05, 0.1) is 12.3 Å². The Morgan fingerprint density at radius 1 is 1.45 bits per heavy atom. The molecule has 0 bridgehead atoms. The molecule has 0 spiro atoms. The van der Waals surface area contributed by atoms with Crippen LogP contribution in [0.4, 0.5) is 0 Å². The van der Waals surface area contributed by atoms with Gasteiger partial charge in [-0.15, -0.1) is 11.3 Å². The number of hydrogen-bond acceptors (Lipinski definition) is 5. The number of ether oxygens (including phenoxy) is 2. The molecule has 1 fully saturated rings. The molecule has 20 heavy (non-hydrogen) atoms. The normalized spacial score (nSPS) is 18.2. The van der Waals surface area contributed by atoms with Crippen molar-refractivity contribution in [3.8, 4) is 0 Å². The lowest BCUT2D eigenvalue weighted by Crippen LogP contribution is -2.32. The van der Waals surface area contributed by atoms with Crippen LogP contribution in [0.3, 0.4) is 0 Å². The van der Waals surface area contributed by atoms with E-state index in [9.17, 15) is 4.79 Å². The molecule has 5 heteroatoms. The summed E-state index contributed by atoms with van der Waals surface area (Å²) in [4.78, 5) is 16.8. The summed E-state index contributed by atoms with van der Waals surface area (Å²) in [6, 6.07) is 0. The minimum absolute atomic E-state index is 0.227. The standard InChI is InChI=1S/C15H23NO3S/c1-5-19-13(17)14(2,3)11-10-20-12(16-11)15(18-4)8-6-7-9-15/h10H,5-9H2,1-4H3. The fourth-order valence-corrected chi connectivity index (χ4v) is 3.86. The maximum atomic E-state index is 12.1. The summed E-state index contributed by atoms with van der Waals surface area (Å²) in [5, 5.41) is 2.95. The number of methoxy groups -OCH3 is 1. The number of nitrogens with zero attached hydrogens (tertiary/aromatic N) is 1. The Kier molecular flexibility index (Phi) is 4.49. The first-order chi connectivity index (χ1) is 9.46. The highest BCUT2D eigenvalue weighted by Gasteiger charge is 2.41. The molecule has 1 saturated carbocycles. The van der Waals surface area contributed by atoms with Crippen molar-refractivity contribution < 1.29 is 14.3 Å². The first-order valence-corrected chi connectivity index (χ1v) is 8.03. The number of carbonyl (C=O) groups excluding carboxylic acids is 1. The number of thiazole rings is 1. The maximum Gasteiger partial charge on any atom is 0.317 e. The lowest BCUT2D eigenvalue weighted by molar-refractivity contribution is -0.148. The highest BCUT2D eigenvalue weighted by Crippen LogP contribution is 2.43. The molecule has 0 atom stereocenters. The number of hydrogen-bond donors (Lipinski definition) is 0. The van der Waals surface area contributed by atoms with Gasteiger partial charge in [0, 0.05) is 12.5 Å². The molecule has 1 aromatic rings. The van der Waals surface area contributed by atoms with Crippen molar-refractivity contribution in [3.05, 3.63) is 16.1 Å². The van der Waals surface area contributed by atoms with Crippen molar-refractivity contribution in [2.45, 2.75) is 57.5 Å². The minimum Gasteiger partial charge on any atom is -0.465 e. The maximum absolute atomic E-state index is 12.1. The largest absolute Gasteiger partial charge is 0.465 e. The molecule has 0 aliphatic heterocycles. The van der Waals surface area contributed by atoms with Crippen molar-refractivity contribution in [2.24, 2.45) is 0 Å². The summed E-state index contributed by atoms with van der Waals surface area (Å²) in [7, 11) is 1.75. The van der Waals surface area contributed by atoms with Crippen molar-refractivity contribution in [3.63, 3.8) is 0 Å². The Hall–Kier alpha value is -0.940. The molecule has 0 radical (unpaired) electrons. The zero-order valence-corrected chi connectivity index (χ0v) is 13.5. The fraction of sp³-hybridized carbons (Fsp3) is 0.733. The number of aromatic nitrogens is 1. The van der Waals surface area contributed by atoms with Crippen molar-refractivity contribution >= 4 is 17.3 Å². The van der Waals surface area contributed by atoms with Crippen LogP contribution in [0.25, 0.3) is 0 Å². The average Bonchev–Trinajstić information content (AvgIpc) is 3.08. The van der Waals surface area contributed by atoms with Crippen LogP contribution in [-0.2, 0) is 25.3 Å². The van der Waals surface area contributed by atoms with Crippen molar-refractivity contribution in [1.82, 2.24) is 4.98 Å². The molecule has 0 unspecified atom stereocenters. The monoisotopic (exact) mass is 297 g/mol. The topological polar surface area (TPSA) is 48.4 Å². The summed E-state index contributed by atoms with van der Waals surface area (Å²) in [6.45, 7) is 5.93. The highest BCUT2D eigenvalue weighted by molar-refractivity contribution is 7.09. The highest BCUT2D eigenvalue weighted by atomic mass is 32.1. The van der Waals surface area contributed by atoms with Gasteiger partial charge in [-0.05, 0) is 33.6 Å². The van der Waals surface area contributed by atoms with Gasteiger partial charge in [0.1, 0.15) is 16.0 Å². The molecular weight excluding hydrogens is 274 g/mol. The third-order valence-electron chi connectivity index (χ3n) is 4.12. The smallest absolute Gasteiger partial charge is 0.317 e. The Balaban J connectivity index is 2.26. The SMILES string of the molecule is CCOC(=O)C(C)(C)c1csc(C2(OC)CCCC2)n1. The second-order valence-corrected chi connectivity index (χ2v) is 6.65. The summed E-state index contributed by atoms with van der Waals surface area (Å²) in [5.41, 5.74) is -0.175. The van der Waals surface area contributed by atoms with E-state index in [1.54, 1.807) is 18.4 Å². The molecule has 4 nitrogen and oxygen atoms in total. The van der Waals surface area contributed by atoms with Gasteiger partial charge in [-0.1, -0.05) is 12.8 Å². The van der Waals surface area contributed by atoms with Gasteiger partial charge in [-0.2, -0.15) is 0 Å². The summed E-state index contributed by atoms with van der Waals surface area (Å²) >= 11 is 1.59. The van der Waals surface area contributed by atoms with Crippen LogP contribution in [-0.4, -0.2) is 24.7 Å². The van der Waals surface area contributed by atoms with Gasteiger partial charge in [-0.3, -0.25) is 4.79 Å². The summed E-state index contributed by atoms with van der Waals surface area (Å²) < 4.78 is 10.9. The van der Waals surface area contributed by atoms with Crippen LogP contribution in [0, 0.1) is 0 Å². The Morgan fingerprint density at radius 3 is 2.65 bits per heavy atom. The van der Waals surface area contributed by atoms with Crippen LogP contribution < -0.4 is 0 Å². The molecule has 0 N–H and O–H groups in total. The number of carbonyl (C=O) groups is 1. The number of rotatable bonds is 5. The predicted octanol–water partition coefficient (Wildman–Crippen LogP) is 3.40. The second kappa shape index (κ2) is 5.82. The summed E-state index contributed by atoms with van der Waals surface area (Å²) in [6.07, 6.45) is 4.36. The second-order valence-electron chi connectivity index (χ2n) is 5.79. The van der Waals surface area contributed by atoms with Gasteiger partial charge < -0.3 is 9.47 Å². The van der Waals surface area contributed by atoms with Gasteiger partial charge in [-0.25, -0.2) is 4.98 Å². The quantitative estimate of drug-likeness (QED) is 0.782. The Morgan fingerprint density at radius 2 is 2.10 bits per heavy atom. The number of esters is 1. The van der Waals surface area contributed by atoms with Crippen LogP contribution in [0.15, 0.2) is 5.38 Å². The minimum atomic E-state index is -0.710. The fourth-order valence-electron chi connectivity index (χ4n) is 2.64. The van der Waals surface area contributed by atoms with E-state index in [2.05, 4.69) is 0 Å². The zero-order valence-electron chi connectivity index (χ0n) is 12.7. The average molecular weight is 297 g/mol. The van der Waals surface area contributed by atoms with E-state index >= 15 is 0 Å². The van der Waals surface area contributed by atoms with E-state index < -0.39 is 5.41 Å². The van der Waals surface area contributed by atoms with Gasteiger partial charge in [0.15, 0.2) is 0 Å². The van der Waals surface area contributed by atoms with E-state index in [1.807, 2.05) is 26.2 Å².